The van der Waals surface area contributed by atoms with Crippen molar-refractivity contribution in [2.75, 3.05) is 5.32 Å². The molecule has 2 amide bonds. The Labute approximate surface area is 139 Å². The van der Waals surface area contributed by atoms with E-state index in [0.29, 0.717) is 0 Å². The summed E-state index contributed by atoms with van der Waals surface area (Å²) in [4.78, 5) is 12.2. The minimum absolute atomic E-state index is 0.129. The van der Waals surface area contributed by atoms with Crippen LogP contribution in [-0.4, -0.2) is 12.1 Å². The molecule has 0 saturated carbocycles. The SMILES string of the molecule is CCc1cccc(C)c1NC(=O)NC(C)CCc1ccccc1. The van der Waals surface area contributed by atoms with Crippen molar-refractivity contribution >= 4 is 11.7 Å². The highest BCUT2D eigenvalue weighted by atomic mass is 16.2. The summed E-state index contributed by atoms with van der Waals surface area (Å²) in [6.07, 6.45) is 2.79. The highest BCUT2D eigenvalue weighted by Crippen LogP contribution is 2.20. The van der Waals surface area contributed by atoms with E-state index in [1.54, 1.807) is 0 Å². The van der Waals surface area contributed by atoms with Gasteiger partial charge in [0.05, 0.1) is 0 Å². The monoisotopic (exact) mass is 310 g/mol. The lowest BCUT2D eigenvalue weighted by Crippen LogP contribution is -2.36. The number of benzene rings is 2. The summed E-state index contributed by atoms with van der Waals surface area (Å²) in [5, 5.41) is 6.04. The minimum atomic E-state index is -0.130. The van der Waals surface area contributed by atoms with Crippen LogP contribution < -0.4 is 10.6 Å². The predicted octanol–water partition coefficient (Wildman–Crippen LogP) is 4.70. The summed E-state index contributed by atoms with van der Waals surface area (Å²) in [6.45, 7) is 6.16. The van der Waals surface area contributed by atoms with Gasteiger partial charge in [0.15, 0.2) is 0 Å². The Bertz CT molecular complexity index is 637. The van der Waals surface area contributed by atoms with Crippen LogP contribution in [-0.2, 0) is 12.8 Å². The van der Waals surface area contributed by atoms with Gasteiger partial charge < -0.3 is 10.6 Å². The van der Waals surface area contributed by atoms with Gasteiger partial charge in [-0.25, -0.2) is 4.79 Å². The van der Waals surface area contributed by atoms with E-state index >= 15 is 0 Å². The average molecular weight is 310 g/mol. The van der Waals surface area contributed by atoms with Gasteiger partial charge in [0.1, 0.15) is 0 Å². The van der Waals surface area contributed by atoms with Gasteiger partial charge >= 0.3 is 6.03 Å². The van der Waals surface area contributed by atoms with Crippen molar-refractivity contribution in [2.45, 2.75) is 46.1 Å². The summed E-state index contributed by atoms with van der Waals surface area (Å²) in [6, 6.07) is 16.5. The lowest BCUT2D eigenvalue weighted by molar-refractivity contribution is 0.248. The molecule has 1 unspecified atom stereocenters. The van der Waals surface area contributed by atoms with Crippen molar-refractivity contribution in [3.8, 4) is 0 Å². The van der Waals surface area contributed by atoms with Crippen molar-refractivity contribution in [3.05, 3.63) is 65.2 Å². The number of carbonyl (C=O) groups excluding carboxylic acids is 1. The molecule has 0 radical (unpaired) electrons. The van der Waals surface area contributed by atoms with Crippen LogP contribution in [0, 0.1) is 6.92 Å². The molecule has 3 heteroatoms. The van der Waals surface area contributed by atoms with E-state index in [2.05, 4.69) is 35.8 Å². The molecule has 1 atom stereocenters. The molecule has 2 aromatic rings. The van der Waals surface area contributed by atoms with Crippen molar-refractivity contribution in [3.63, 3.8) is 0 Å². The first-order chi connectivity index (χ1) is 11.1. The quantitative estimate of drug-likeness (QED) is 0.797. The normalized spacial score (nSPS) is 11.8. The fraction of sp³-hybridized carbons (Fsp3) is 0.350. The zero-order valence-corrected chi connectivity index (χ0v) is 14.2. The molecule has 0 spiro atoms. The second-order valence-corrected chi connectivity index (χ2v) is 5.99. The predicted molar refractivity (Wildman–Crippen MR) is 96.9 cm³/mol. The van der Waals surface area contributed by atoms with Crippen molar-refractivity contribution < 1.29 is 4.79 Å². The van der Waals surface area contributed by atoms with Gasteiger partial charge in [-0.15, -0.1) is 0 Å². The fourth-order valence-electron chi connectivity index (χ4n) is 2.68. The molecule has 0 aliphatic carbocycles. The van der Waals surface area contributed by atoms with Crippen molar-refractivity contribution in [1.82, 2.24) is 5.32 Å². The van der Waals surface area contributed by atoms with Gasteiger partial charge in [-0.2, -0.15) is 0 Å². The van der Waals surface area contributed by atoms with E-state index in [4.69, 9.17) is 0 Å². The Hall–Kier alpha value is -2.29. The van der Waals surface area contributed by atoms with E-state index in [-0.39, 0.29) is 12.1 Å². The van der Waals surface area contributed by atoms with Gasteiger partial charge in [0, 0.05) is 11.7 Å². The number of carbonyl (C=O) groups is 1. The number of hydrogen-bond acceptors (Lipinski definition) is 1. The third kappa shape index (κ3) is 5.13. The van der Waals surface area contributed by atoms with Crippen LogP contribution in [0.15, 0.2) is 48.5 Å². The number of aryl methyl sites for hydroxylation is 3. The molecule has 0 aliphatic rings. The Morgan fingerprint density at radius 1 is 1.09 bits per heavy atom. The summed E-state index contributed by atoms with van der Waals surface area (Å²) >= 11 is 0. The van der Waals surface area contributed by atoms with Gasteiger partial charge in [-0.05, 0) is 49.8 Å². The fourth-order valence-corrected chi connectivity index (χ4v) is 2.68. The Morgan fingerprint density at radius 2 is 1.83 bits per heavy atom. The van der Waals surface area contributed by atoms with Crippen LogP contribution in [0.25, 0.3) is 0 Å². The first-order valence-electron chi connectivity index (χ1n) is 8.30. The Morgan fingerprint density at radius 3 is 2.52 bits per heavy atom. The summed E-state index contributed by atoms with van der Waals surface area (Å²) in [5.74, 6) is 0. The smallest absolute Gasteiger partial charge is 0.319 e. The second-order valence-electron chi connectivity index (χ2n) is 5.99. The van der Waals surface area contributed by atoms with Crippen LogP contribution in [0.2, 0.25) is 0 Å². The third-order valence-electron chi connectivity index (χ3n) is 4.06. The van der Waals surface area contributed by atoms with Gasteiger partial charge in [-0.3, -0.25) is 0 Å². The van der Waals surface area contributed by atoms with E-state index in [1.165, 1.54) is 5.56 Å². The summed E-state index contributed by atoms with van der Waals surface area (Å²) < 4.78 is 0. The maximum absolute atomic E-state index is 12.2. The molecule has 2 rings (SSSR count). The van der Waals surface area contributed by atoms with E-state index < -0.39 is 0 Å². The molecule has 0 fully saturated rings. The summed E-state index contributed by atoms with van der Waals surface area (Å²) in [5.41, 5.74) is 4.49. The van der Waals surface area contributed by atoms with Gasteiger partial charge in [0.2, 0.25) is 0 Å². The molecule has 2 N–H and O–H groups in total. The Balaban J connectivity index is 1.87. The molecule has 0 bridgehead atoms. The van der Waals surface area contributed by atoms with Crippen LogP contribution in [0.1, 0.15) is 37.0 Å². The maximum Gasteiger partial charge on any atom is 0.319 e. The first kappa shape index (κ1) is 17.1. The van der Waals surface area contributed by atoms with Gasteiger partial charge in [0.25, 0.3) is 0 Å². The van der Waals surface area contributed by atoms with E-state index in [1.807, 2.05) is 44.2 Å². The maximum atomic E-state index is 12.2. The minimum Gasteiger partial charge on any atom is -0.335 e. The van der Waals surface area contributed by atoms with Crippen LogP contribution >= 0.6 is 0 Å². The highest BCUT2D eigenvalue weighted by Gasteiger charge is 2.11. The number of hydrogen-bond donors (Lipinski definition) is 2. The molecular formula is C20H26N2O. The van der Waals surface area contributed by atoms with Crippen LogP contribution in [0.4, 0.5) is 10.5 Å². The number of amides is 2. The number of para-hydroxylation sites is 1. The number of nitrogens with one attached hydrogen (secondary N) is 2. The molecule has 122 valence electrons. The zero-order valence-electron chi connectivity index (χ0n) is 14.2. The standard InChI is InChI=1S/C20H26N2O/c1-4-18-12-8-9-15(2)19(18)22-20(23)21-16(3)13-14-17-10-6-5-7-11-17/h5-12,16H,4,13-14H2,1-3H3,(H2,21,22,23). The number of urea groups is 1. The molecular weight excluding hydrogens is 284 g/mol. The molecule has 0 saturated heterocycles. The largest absolute Gasteiger partial charge is 0.335 e. The van der Waals surface area contributed by atoms with E-state index in [9.17, 15) is 4.79 Å². The summed E-state index contributed by atoms with van der Waals surface area (Å²) in [7, 11) is 0. The molecule has 0 aliphatic heterocycles. The molecule has 0 heterocycles. The Kier molecular flexibility index (Phi) is 6.21. The molecule has 23 heavy (non-hydrogen) atoms. The van der Waals surface area contributed by atoms with E-state index in [0.717, 1.165) is 36.1 Å². The lowest BCUT2D eigenvalue weighted by atomic mass is 10.1. The number of rotatable bonds is 6. The molecule has 2 aromatic carbocycles. The van der Waals surface area contributed by atoms with Crippen molar-refractivity contribution in [1.29, 1.82) is 0 Å². The van der Waals surface area contributed by atoms with Gasteiger partial charge in [-0.1, -0.05) is 55.5 Å². The van der Waals surface area contributed by atoms with Crippen LogP contribution in [0.5, 0.6) is 0 Å². The second kappa shape index (κ2) is 8.37. The lowest BCUT2D eigenvalue weighted by Gasteiger charge is -2.17. The highest BCUT2D eigenvalue weighted by molar-refractivity contribution is 5.91. The third-order valence-corrected chi connectivity index (χ3v) is 4.06. The topological polar surface area (TPSA) is 41.1 Å². The van der Waals surface area contributed by atoms with Crippen LogP contribution in [0.3, 0.4) is 0 Å². The molecule has 3 nitrogen and oxygen atoms in total. The average Bonchev–Trinajstić information content (AvgIpc) is 2.55. The zero-order chi connectivity index (χ0) is 16.7. The molecule has 0 aromatic heterocycles. The number of anilines is 1. The first-order valence-corrected chi connectivity index (χ1v) is 8.30. The van der Waals surface area contributed by atoms with Crippen molar-refractivity contribution in [2.24, 2.45) is 0 Å².